The molecule has 5 nitrogen and oxygen atoms in total. The second-order valence-corrected chi connectivity index (χ2v) is 4.11. The lowest BCUT2D eigenvalue weighted by molar-refractivity contribution is -0.146. The first-order chi connectivity index (χ1) is 6.22. The number of carboxylic acid groups (broad SMARTS) is 1. The molecule has 1 atom stereocenters. The second-order valence-electron chi connectivity index (χ2n) is 3.74. The van der Waals surface area contributed by atoms with Crippen molar-refractivity contribution >= 4 is 23.4 Å². The number of hydrogen-bond donors (Lipinski definition) is 3. The van der Waals surface area contributed by atoms with E-state index in [-0.39, 0.29) is 11.7 Å². The zero-order valence-electron chi connectivity index (χ0n) is 8.40. The summed E-state index contributed by atoms with van der Waals surface area (Å²) in [5, 5.41) is 19.8. The molecule has 0 radical (unpaired) electrons. The fraction of sp³-hybridized carbons (Fsp3) is 0.750. The maximum Gasteiger partial charge on any atom is 0.334 e. The van der Waals surface area contributed by atoms with E-state index in [4.69, 9.17) is 27.2 Å². The van der Waals surface area contributed by atoms with Gasteiger partial charge in [0.15, 0.2) is 6.10 Å². The van der Waals surface area contributed by atoms with Crippen molar-refractivity contribution in [3.63, 3.8) is 0 Å². The van der Waals surface area contributed by atoms with Crippen molar-refractivity contribution in [3.8, 4) is 0 Å². The Bertz CT molecular complexity index is 224. The first kappa shape index (κ1) is 13.1. The number of hydrogen-bond acceptors (Lipinski definition) is 4. The summed E-state index contributed by atoms with van der Waals surface area (Å²) in [6, 6.07) is 0. The highest BCUT2D eigenvalue weighted by Crippen LogP contribution is 2.06. The average molecular weight is 221 g/mol. The third-order valence-electron chi connectivity index (χ3n) is 1.12. The molecule has 0 heterocycles. The van der Waals surface area contributed by atoms with Gasteiger partial charge < -0.3 is 20.3 Å². The first-order valence-corrected chi connectivity index (χ1v) is 4.51. The Morgan fingerprint density at radius 3 is 2.43 bits per heavy atom. The van der Waals surface area contributed by atoms with Crippen LogP contribution in [0.5, 0.6) is 0 Å². The third kappa shape index (κ3) is 6.62. The van der Waals surface area contributed by atoms with Crippen LogP contribution in [0.15, 0.2) is 0 Å². The molecule has 0 aliphatic carbocycles. The van der Waals surface area contributed by atoms with Gasteiger partial charge in [-0.25, -0.2) is 4.79 Å². The highest BCUT2D eigenvalue weighted by atomic mass is 32.1. The van der Waals surface area contributed by atoms with Crippen LogP contribution >= 0.6 is 12.2 Å². The van der Waals surface area contributed by atoms with Crippen molar-refractivity contribution in [1.82, 2.24) is 5.32 Å². The number of aliphatic hydroxyl groups excluding tert-OH is 1. The van der Waals surface area contributed by atoms with E-state index < -0.39 is 17.7 Å². The molecule has 0 amide bonds. The van der Waals surface area contributed by atoms with E-state index in [0.717, 1.165) is 0 Å². The van der Waals surface area contributed by atoms with E-state index in [1.165, 1.54) is 0 Å². The van der Waals surface area contributed by atoms with Crippen LogP contribution in [0.1, 0.15) is 20.8 Å². The van der Waals surface area contributed by atoms with E-state index in [1.54, 1.807) is 0 Å². The molecular formula is C8H15NO4S. The van der Waals surface area contributed by atoms with Crippen molar-refractivity contribution in [3.05, 3.63) is 0 Å². The number of ether oxygens (including phenoxy) is 1. The molecule has 0 saturated heterocycles. The highest BCUT2D eigenvalue weighted by Gasteiger charge is 2.16. The Morgan fingerprint density at radius 1 is 1.57 bits per heavy atom. The van der Waals surface area contributed by atoms with Crippen molar-refractivity contribution in [2.45, 2.75) is 32.5 Å². The summed E-state index contributed by atoms with van der Waals surface area (Å²) < 4.78 is 5.18. The van der Waals surface area contributed by atoms with Crippen LogP contribution in [0.25, 0.3) is 0 Å². The summed E-state index contributed by atoms with van der Waals surface area (Å²) in [4.78, 5) is 10.2. The van der Waals surface area contributed by atoms with Gasteiger partial charge in [0.05, 0.1) is 6.54 Å². The van der Waals surface area contributed by atoms with Gasteiger partial charge in [-0.3, -0.25) is 0 Å². The number of aliphatic hydroxyl groups is 1. The van der Waals surface area contributed by atoms with Gasteiger partial charge in [0, 0.05) is 0 Å². The van der Waals surface area contributed by atoms with Crippen LogP contribution in [-0.2, 0) is 9.53 Å². The summed E-state index contributed by atoms with van der Waals surface area (Å²) in [5.41, 5.74) is -0.432. The molecule has 0 rings (SSSR count). The maximum atomic E-state index is 10.2. The summed E-state index contributed by atoms with van der Waals surface area (Å²) in [6.45, 7) is 5.28. The number of carbonyl (C=O) groups is 1. The predicted molar refractivity (Wildman–Crippen MR) is 55.1 cm³/mol. The quantitative estimate of drug-likeness (QED) is 0.588. The number of thiocarbonyl (C=S) groups is 1. The molecule has 0 fully saturated rings. The molecule has 0 unspecified atom stereocenters. The van der Waals surface area contributed by atoms with Crippen LogP contribution in [0, 0.1) is 0 Å². The van der Waals surface area contributed by atoms with Crippen molar-refractivity contribution in [2.24, 2.45) is 0 Å². The van der Waals surface area contributed by atoms with Crippen LogP contribution < -0.4 is 5.32 Å². The van der Waals surface area contributed by atoms with Crippen LogP contribution in [-0.4, -0.2) is 39.6 Å². The average Bonchev–Trinajstić information content (AvgIpc) is 1.96. The minimum absolute atomic E-state index is 0.0813. The Morgan fingerprint density at radius 2 is 2.07 bits per heavy atom. The minimum Gasteiger partial charge on any atom is -0.479 e. The lowest BCUT2D eigenvalue weighted by Crippen LogP contribution is -2.39. The molecule has 0 aliphatic rings. The number of aliphatic carboxylic acids is 1. The lowest BCUT2D eigenvalue weighted by atomic mass is 10.2. The molecule has 0 aromatic rings. The summed E-state index contributed by atoms with van der Waals surface area (Å²) in [7, 11) is 0. The Hall–Kier alpha value is -0.880. The molecule has 0 aromatic heterocycles. The summed E-state index contributed by atoms with van der Waals surface area (Å²) in [5.74, 6) is -1.30. The molecule has 0 saturated carbocycles. The van der Waals surface area contributed by atoms with Crippen LogP contribution in [0.2, 0.25) is 0 Å². The molecule has 3 N–H and O–H groups in total. The Balaban J connectivity index is 3.81. The van der Waals surface area contributed by atoms with Crippen molar-refractivity contribution in [2.75, 3.05) is 6.54 Å². The normalized spacial score (nSPS) is 13.1. The fourth-order valence-electron chi connectivity index (χ4n) is 0.581. The van der Waals surface area contributed by atoms with E-state index >= 15 is 0 Å². The Kier molecular flexibility index (Phi) is 4.79. The maximum absolute atomic E-state index is 10.2. The van der Waals surface area contributed by atoms with E-state index in [1.807, 2.05) is 20.8 Å². The summed E-state index contributed by atoms with van der Waals surface area (Å²) in [6.07, 6.45) is -1.48. The van der Waals surface area contributed by atoms with E-state index in [2.05, 4.69) is 5.32 Å². The van der Waals surface area contributed by atoms with Crippen LogP contribution in [0.4, 0.5) is 0 Å². The van der Waals surface area contributed by atoms with Gasteiger partial charge in [0.25, 0.3) is 5.17 Å². The van der Waals surface area contributed by atoms with E-state index in [9.17, 15) is 4.79 Å². The SMILES string of the molecule is CC(C)(C)OC(=S)NC[C@H](O)C(=O)O. The van der Waals surface area contributed by atoms with Crippen molar-refractivity contribution in [1.29, 1.82) is 0 Å². The Labute approximate surface area is 88.1 Å². The molecule has 82 valence electrons. The molecule has 14 heavy (non-hydrogen) atoms. The van der Waals surface area contributed by atoms with E-state index in [0.29, 0.717) is 0 Å². The van der Waals surface area contributed by atoms with Gasteiger partial charge in [0.2, 0.25) is 0 Å². The number of nitrogens with one attached hydrogen (secondary N) is 1. The van der Waals surface area contributed by atoms with Gasteiger partial charge >= 0.3 is 5.97 Å². The molecular weight excluding hydrogens is 206 g/mol. The third-order valence-corrected chi connectivity index (χ3v) is 1.35. The molecule has 0 bridgehead atoms. The van der Waals surface area contributed by atoms with Gasteiger partial charge in [-0.2, -0.15) is 0 Å². The van der Waals surface area contributed by atoms with Gasteiger partial charge in [0.1, 0.15) is 5.60 Å². The fourth-order valence-corrected chi connectivity index (χ4v) is 0.915. The van der Waals surface area contributed by atoms with Crippen LogP contribution in [0.3, 0.4) is 0 Å². The van der Waals surface area contributed by atoms with Gasteiger partial charge in [-0.05, 0) is 33.0 Å². The zero-order chi connectivity index (χ0) is 11.4. The molecule has 0 aliphatic heterocycles. The largest absolute Gasteiger partial charge is 0.479 e. The van der Waals surface area contributed by atoms with Gasteiger partial charge in [-0.1, -0.05) is 0 Å². The summed E-state index contributed by atoms with van der Waals surface area (Å²) >= 11 is 4.77. The minimum atomic E-state index is -1.48. The standard InChI is InChI=1S/C8H15NO4S/c1-8(2,3)13-7(14)9-4-5(10)6(11)12/h5,10H,4H2,1-3H3,(H,9,14)(H,11,12)/t5-/m0/s1. The lowest BCUT2D eigenvalue weighted by Gasteiger charge is -2.22. The molecule has 0 aromatic carbocycles. The zero-order valence-corrected chi connectivity index (χ0v) is 9.22. The molecule has 6 heteroatoms. The molecule has 0 spiro atoms. The number of carboxylic acids is 1. The van der Waals surface area contributed by atoms with Gasteiger partial charge in [-0.15, -0.1) is 0 Å². The predicted octanol–water partition coefficient (Wildman–Crippen LogP) is 0.121. The smallest absolute Gasteiger partial charge is 0.334 e. The topological polar surface area (TPSA) is 78.8 Å². The first-order valence-electron chi connectivity index (χ1n) is 4.10. The van der Waals surface area contributed by atoms with Crippen molar-refractivity contribution < 1.29 is 19.7 Å². The second kappa shape index (κ2) is 5.11. The highest BCUT2D eigenvalue weighted by molar-refractivity contribution is 7.80. The monoisotopic (exact) mass is 221 g/mol. The number of rotatable bonds is 3.